The molecule has 0 spiro atoms. The Labute approximate surface area is 204 Å². The summed E-state index contributed by atoms with van der Waals surface area (Å²) < 4.78 is 1.61. The molecule has 4 aromatic rings. The Balaban J connectivity index is 1.97. The number of hydrogen-bond donors (Lipinski definition) is 0. The van der Waals surface area contributed by atoms with Gasteiger partial charge in [-0.15, -0.1) is 0 Å². The highest BCUT2D eigenvalue weighted by molar-refractivity contribution is 6.30. The van der Waals surface area contributed by atoms with Crippen LogP contribution in [0.25, 0.3) is 16.6 Å². The average Bonchev–Trinajstić information content (AvgIpc) is 2.84. The molecule has 1 unspecified atom stereocenters. The van der Waals surface area contributed by atoms with Gasteiger partial charge in [-0.05, 0) is 61.7 Å². The number of aryl methyl sites for hydroxylation is 1. The largest absolute Gasteiger partial charge is 0.328 e. The maximum Gasteiger partial charge on any atom is 0.266 e. The molecule has 0 aliphatic carbocycles. The molecule has 0 saturated heterocycles. The number of fused-ring (bicyclic) bond motifs is 1. The Morgan fingerprint density at radius 2 is 1.76 bits per heavy atom. The van der Waals surface area contributed by atoms with E-state index in [9.17, 15) is 9.59 Å². The predicted molar refractivity (Wildman–Crippen MR) is 138 cm³/mol. The number of carbonyl (C=O) groups is 1. The topological polar surface area (TPSA) is 55.2 Å². The van der Waals surface area contributed by atoms with Crippen molar-refractivity contribution in [2.75, 3.05) is 6.54 Å². The first kappa shape index (κ1) is 23.7. The van der Waals surface area contributed by atoms with Crippen LogP contribution in [-0.2, 0) is 0 Å². The van der Waals surface area contributed by atoms with E-state index >= 15 is 0 Å². The van der Waals surface area contributed by atoms with Gasteiger partial charge >= 0.3 is 0 Å². The van der Waals surface area contributed by atoms with Gasteiger partial charge in [-0.3, -0.25) is 14.2 Å². The fraction of sp³-hybridized carbons (Fsp3) is 0.250. The van der Waals surface area contributed by atoms with E-state index < -0.39 is 6.04 Å². The first-order valence-corrected chi connectivity index (χ1v) is 12.0. The standard InChI is InChI=1S/C28H28ClN3O2/c1-4-17-31(27(33)22-14-7-6-11-19(22)3)25(5-2)26-30-24-16-9-8-15-23(24)28(34)32(26)21-13-10-12-20(29)18-21/h6-16,18,25H,4-5,17H2,1-3H3. The van der Waals surface area contributed by atoms with Gasteiger partial charge in [0.1, 0.15) is 5.82 Å². The molecule has 34 heavy (non-hydrogen) atoms. The Bertz CT molecular complexity index is 1400. The molecule has 1 aromatic heterocycles. The molecule has 0 aliphatic rings. The monoisotopic (exact) mass is 473 g/mol. The lowest BCUT2D eigenvalue weighted by Gasteiger charge is -2.32. The van der Waals surface area contributed by atoms with Gasteiger partial charge in [0, 0.05) is 17.1 Å². The number of hydrogen-bond acceptors (Lipinski definition) is 3. The molecule has 4 rings (SSSR count). The van der Waals surface area contributed by atoms with E-state index in [1.54, 1.807) is 22.8 Å². The maximum atomic E-state index is 13.8. The van der Waals surface area contributed by atoms with Crippen LogP contribution >= 0.6 is 11.6 Å². The summed E-state index contributed by atoms with van der Waals surface area (Å²) in [4.78, 5) is 34.3. The second-order valence-electron chi connectivity index (χ2n) is 8.35. The van der Waals surface area contributed by atoms with E-state index in [0.717, 1.165) is 12.0 Å². The first-order chi connectivity index (χ1) is 16.5. The maximum absolute atomic E-state index is 13.8. The Morgan fingerprint density at radius 3 is 2.47 bits per heavy atom. The lowest BCUT2D eigenvalue weighted by molar-refractivity contribution is 0.0658. The van der Waals surface area contributed by atoms with Crippen LogP contribution in [0, 0.1) is 6.92 Å². The van der Waals surface area contributed by atoms with Crippen LogP contribution in [0.5, 0.6) is 0 Å². The van der Waals surface area contributed by atoms with Gasteiger partial charge in [0.2, 0.25) is 0 Å². The van der Waals surface area contributed by atoms with E-state index in [-0.39, 0.29) is 11.5 Å². The van der Waals surface area contributed by atoms with Crippen LogP contribution in [0.15, 0.2) is 77.6 Å². The molecule has 1 atom stereocenters. The van der Waals surface area contributed by atoms with Crippen molar-refractivity contribution < 1.29 is 4.79 Å². The number of aromatic nitrogens is 2. The van der Waals surface area contributed by atoms with Gasteiger partial charge in [0.15, 0.2) is 0 Å². The Kier molecular flexibility index (Phi) is 7.13. The van der Waals surface area contributed by atoms with Crippen molar-refractivity contribution in [3.05, 3.63) is 105 Å². The number of nitrogens with zero attached hydrogens (tertiary/aromatic N) is 3. The van der Waals surface area contributed by atoms with Crippen molar-refractivity contribution >= 4 is 28.4 Å². The predicted octanol–water partition coefficient (Wildman–Crippen LogP) is 6.35. The minimum Gasteiger partial charge on any atom is -0.328 e. The molecule has 0 radical (unpaired) electrons. The summed E-state index contributed by atoms with van der Waals surface area (Å²) in [5.41, 5.74) is 2.64. The summed E-state index contributed by atoms with van der Waals surface area (Å²) in [6.45, 7) is 6.54. The molecule has 0 aliphatic heterocycles. The summed E-state index contributed by atoms with van der Waals surface area (Å²) in [7, 11) is 0. The highest BCUT2D eigenvalue weighted by Crippen LogP contribution is 2.29. The van der Waals surface area contributed by atoms with Crippen molar-refractivity contribution in [3.63, 3.8) is 0 Å². The highest BCUT2D eigenvalue weighted by atomic mass is 35.5. The molecule has 0 N–H and O–H groups in total. The lowest BCUT2D eigenvalue weighted by atomic mass is 10.0. The smallest absolute Gasteiger partial charge is 0.266 e. The summed E-state index contributed by atoms with van der Waals surface area (Å²) in [6, 6.07) is 21.7. The molecule has 5 nitrogen and oxygen atoms in total. The number of halogens is 1. The summed E-state index contributed by atoms with van der Waals surface area (Å²) in [5, 5.41) is 1.05. The number of benzene rings is 3. The minimum atomic E-state index is -0.400. The fourth-order valence-corrected chi connectivity index (χ4v) is 4.57. The first-order valence-electron chi connectivity index (χ1n) is 11.6. The third kappa shape index (κ3) is 4.48. The molecule has 0 fully saturated rings. The molecular formula is C28H28ClN3O2. The molecule has 1 heterocycles. The zero-order valence-corrected chi connectivity index (χ0v) is 20.4. The second-order valence-corrected chi connectivity index (χ2v) is 8.78. The van der Waals surface area contributed by atoms with E-state index in [1.165, 1.54) is 0 Å². The molecule has 174 valence electrons. The second kappa shape index (κ2) is 10.2. The summed E-state index contributed by atoms with van der Waals surface area (Å²) in [6.07, 6.45) is 1.38. The number of para-hydroxylation sites is 1. The van der Waals surface area contributed by atoms with Gasteiger partial charge in [-0.2, -0.15) is 0 Å². The van der Waals surface area contributed by atoms with E-state index in [2.05, 4.69) is 0 Å². The van der Waals surface area contributed by atoms with Gasteiger partial charge in [0.25, 0.3) is 11.5 Å². The molecule has 1 amide bonds. The fourth-order valence-electron chi connectivity index (χ4n) is 4.39. The third-order valence-corrected chi connectivity index (χ3v) is 6.26. The van der Waals surface area contributed by atoms with Crippen molar-refractivity contribution in [2.24, 2.45) is 0 Å². The molecule has 3 aromatic carbocycles. The van der Waals surface area contributed by atoms with Gasteiger partial charge in [-0.25, -0.2) is 4.98 Å². The molecule has 0 bridgehead atoms. The van der Waals surface area contributed by atoms with E-state index in [1.807, 2.05) is 80.3 Å². The van der Waals surface area contributed by atoms with Gasteiger partial charge < -0.3 is 4.90 Å². The zero-order valence-electron chi connectivity index (χ0n) is 19.7. The molecule has 0 saturated carbocycles. The van der Waals surface area contributed by atoms with Crippen molar-refractivity contribution in [3.8, 4) is 5.69 Å². The van der Waals surface area contributed by atoms with Crippen LogP contribution in [0.1, 0.15) is 54.5 Å². The van der Waals surface area contributed by atoms with Crippen LogP contribution < -0.4 is 5.56 Å². The van der Waals surface area contributed by atoms with Crippen LogP contribution in [0.3, 0.4) is 0 Å². The Morgan fingerprint density at radius 1 is 1.03 bits per heavy atom. The number of amides is 1. The number of rotatable bonds is 7. The highest BCUT2D eigenvalue weighted by Gasteiger charge is 2.29. The van der Waals surface area contributed by atoms with E-state index in [0.29, 0.717) is 46.0 Å². The quantitative estimate of drug-likeness (QED) is 0.314. The third-order valence-electron chi connectivity index (χ3n) is 6.03. The molecular weight excluding hydrogens is 446 g/mol. The zero-order chi connectivity index (χ0) is 24.2. The summed E-state index contributed by atoms with van der Waals surface area (Å²) in [5.74, 6) is 0.468. The van der Waals surface area contributed by atoms with Crippen molar-refractivity contribution in [1.82, 2.24) is 14.5 Å². The van der Waals surface area contributed by atoms with Gasteiger partial charge in [0.05, 0.1) is 22.6 Å². The number of carbonyl (C=O) groups excluding carboxylic acids is 1. The van der Waals surface area contributed by atoms with E-state index in [4.69, 9.17) is 16.6 Å². The minimum absolute atomic E-state index is 0.0631. The lowest BCUT2D eigenvalue weighted by Crippen LogP contribution is -2.39. The van der Waals surface area contributed by atoms with Crippen LogP contribution in [0.4, 0.5) is 0 Å². The normalized spacial score (nSPS) is 12.0. The van der Waals surface area contributed by atoms with Gasteiger partial charge in [-0.1, -0.05) is 61.8 Å². The van der Waals surface area contributed by atoms with Crippen molar-refractivity contribution in [2.45, 2.75) is 39.7 Å². The summed E-state index contributed by atoms with van der Waals surface area (Å²) >= 11 is 6.29. The van der Waals surface area contributed by atoms with Crippen molar-refractivity contribution in [1.29, 1.82) is 0 Å². The molecule has 6 heteroatoms. The Hall–Kier alpha value is -3.44. The van der Waals surface area contributed by atoms with Crippen LogP contribution in [0.2, 0.25) is 5.02 Å². The SMILES string of the molecule is CCCN(C(=O)c1ccccc1C)C(CC)c1nc2ccccc2c(=O)n1-c1cccc(Cl)c1. The van der Waals surface area contributed by atoms with Crippen LogP contribution in [-0.4, -0.2) is 26.9 Å². The average molecular weight is 474 g/mol.